The van der Waals surface area contributed by atoms with Crippen molar-refractivity contribution in [1.29, 1.82) is 0 Å². The Kier molecular flexibility index (Phi) is 3.33. The average molecular weight is 250 g/mol. The molecule has 0 spiro atoms. The van der Waals surface area contributed by atoms with Crippen LogP contribution in [0.25, 0.3) is 10.1 Å². The van der Waals surface area contributed by atoms with Crippen molar-refractivity contribution in [3.8, 4) is 5.75 Å². The van der Waals surface area contributed by atoms with Gasteiger partial charge in [0.1, 0.15) is 5.75 Å². The molecule has 17 heavy (non-hydrogen) atoms. The van der Waals surface area contributed by atoms with Crippen molar-refractivity contribution >= 4 is 27.4 Å². The molecule has 0 amide bonds. The molecule has 0 saturated heterocycles. The summed E-state index contributed by atoms with van der Waals surface area (Å²) >= 11 is 1.55. The zero-order chi connectivity index (χ0) is 12.4. The summed E-state index contributed by atoms with van der Waals surface area (Å²) in [6, 6.07) is 3.52. The highest BCUT2D eigenvalue weighted by atomic mass is 32.1. The molecule has 0 aliphatic heterocycles. The van der Waals surface area contributed by atoms with Crippen LogP contribution in [0.1, 0.15) is 18.1 Å². The second kappa shape index (κ2) is 4.75. The Morgan fingerprint density at radius 1 is 1.47 bits per heavy atom. The number of phenolic OH excluding ortho intramolecular Hbond substituents is 1. The van der Waals surface area contributed by atoms with E-state index in [1.54, 1.807) is 24.3 Å². The molecule has 0 radical (unpaired) electrons. The fourth-order valence-electron chi connectivity index (χ4n) is 1.78. The molecule has 0 unspecified atom stereocenters. The number of aryl methyl sites for hydroxylation is 1. The first-order chi connectivity index (χ1) is 8.13. The number of rotatable bonds is 3. The number of fused-ring (bicyclic) bond motifs is 1. The minimum Gasteiger partial charge on any atom is -0.508 e. The van der Waals surface area contributed by atoms with Crippen molar-refractivity contribution in [3.05, 3.63) is 28.6 Å². The molecule has 3 nitrogen and oxygen atoms in total. The van der Waals surface area contributed by atoms with Crippen LogP contribution in [0.3, 0.4) is 0 Å². The van der Waals surface area contributed by atoms with Gasteiger partial charge in [0.2, 0.25) is 0 Å². The summed E-state index contributed by atoms with van der Waals surface area (Å²) in [5.74, 6) is 0.0833. The zero-order valence-electron chi connectivity index (χ0n) is 9.82. The van der Waals surface area contributed by atoms with Gasteiger partial charge in [-0.2, -0.15) is 0 Å². The van der Waals surface area contributed by atoms with Crippen molar-refractivity contribution in [2.24, 2.45) is 0 Å². The quantitative estimate of drug-likeness (QED) is 0.852. The molecule has 1 heterocycles. The van der Waals surface area contributed by atoms with Gasteiger partial charge in [-0.1, -0.05) is 0 Å². The number of carbonyl (C=O) groups excluding carboxylic acids is 1. The number of phenols is 1. The average Bonchev–Trinajstić information content (AvgIpc) is 2.68. The van der Waals surface area contributed by atoms with Gasteiger partial charge in [0.05, 0.1) is 13.0 Å². The van der Waals surface area contributed by atoms with Crippen LogP contribution in [0.15, 0.2) is 17.5 Å². The van der Waals surface area contributed by atoms with Crippen LogP contribution in [0.4, 0.5) is 0 Å². The van der Waals surface area contributed by atoms with Crippen molar-refractivity contribution < 1.29 is 14.6 Å². The lowest BCUT2D eigenvalue weighted by molar-refractivity contribution is -0.142. The van der Waals surface area contributed by atoms with Gasteiger partial charge in [-0.15, -0.1) is 11.3 Å². The maximum atomic E-state index is 11.4. The van der Waals surface area contributed by atoms with Crippen LogP contribution in [0.2, 0.25) is 0 Å². The first kappa shape index (κ1) is 11.9. The lowest BCUT2D eigenvalue weighted by Crippen LogP contribution is -2.06. The number of thiophene rings is 1. The Bertz CT molecular complexity index is 557. The van der Waals surface area contributed by atoms with E-state index >= 15 is 0 Å². The van der Waals surface area contributed by atoms with E-state index in [0.717, 1.165) is 21.2 Å². The van der Waals surface area contributed by atoms with Gasteiger partial charge >= 0.3 is 5.97 Å². The lowest BCUT2D eigenvalue weighted by atomic mass is 10.1. The Morgan fingerprint density at radius 3 is 2.94 bits per heavy atom. The molecular formula is C13H14O3S. The van der Waals surface area contributed by atoms with Crippen LogP contribution in [0, 0.1) is 6.92 Å². The van der Waals surface area contributed by atoms with Crippen molar-refractivity contribution in [2.45, 2.75) is 20.3 Å². The third kappa shape index (κ3) is 2.26. The molecule has 0 saturated carbocycles. The second-order valence-corrected chi connectivity index (χ2v) is 4.71. The first-order valence-corrected chi connectivity index (χ1v) is 6.35. The van der Waals surface area contributed by atoms with Gasteiger partial charge in [0.15, 0.2) is 0 Å². The Hall–Kier alpha value is -1.55. The molecule has 2 aromatic rings. The molecule has 0 aliphatic rings. The fourth-order valence-corrected chi connectivity index (χ4v) is 2.86. The monoisotopic (exact) mass is 250 g/mol. The van der Waals surface area contributed by atoms with Crippen molar-refractivity contribution in [2.75, 3.05) is 6.61 Å². The largest absolute Gasteiger partial charge is 0.508 e. The number of esters is 1. The molecule has 0 atom stereocenters. The minimum absolute atomic E-state index is 0.210. The Labute approximate surface area is 104 Å². The highest BCUT2D eigenvalue weighted by Crippen LogP contribution is 2.33. The van der Waals surface area contributed by atoms with Crippen LogP contribution in [0.5, 0.6) is 5.75 Å². The number of hydrogen-bond acceptors (Lipinski definition) is 4. The first-order valence-electron chi connectivity index (χ1n) is 5.47. The van der Waals surface area contributed by atoms with E-state index < -0.39 is 0 Å². The summed E-state index contributed by atoms with van der Waals surface area (Å²) in [5, 5.41) is 12.6. The molecule has 4 heteroatoms. The number of benzene rings is 1. The van der Waals surface area contributed by atoms with Gasteiger partial charge < -0.3 is 9.84 Å². The number of aromatic hydroxyl groups is 1. The van der Waals surface area contributed by atoms with Crippen molar-refractivity contribution in [1.82, 2.24) is 0 Å². The van der Waals surface area contributed by atoms with E-state index in [4.69, 9.17) is 4.74 Å². The summed E-state index contributed by atoms with van der Waals surface area (Å²) in [6.45, 7) is 4.08. The third-order valence-corrected chi connectivity index (χ3v) is 3.85. The van der Waals surface area contributed by atoms with Crippen molar-refractivity contribution in [3.63, 3.8) is 0 Å². The van der Waals surface area contributed by atoms with E-state index in [1.807, 2.05) is 18.4 Å². The van der Waals surface area contributed by atoms with Gasteiger partial charge in [-0.25, -0.2) is 0 Å². The van der Waals surface area contributed by atoms with E-state index in [9.17, 15) is 9.90 Å². The molecule has 1 aromatic carbocycles. The molecule has 0 fully saturated rings. The minimum atomic E-state index is -0.210. The lowest BCUT2D eigenvalue weighted by Gasteiger charge is -2.02. The van der Waals surface area contributed by atoms with Crippen LogP contribution in [-0.2, 0) is 16.0 Å². The molecule has 1 N–H and O–H groups in total. The maximum Gasteiger partial charge on any atom is 0.310 e. The van der Waals surface area contributed by atoms with E-state index in [-0.39, 0.29) is 12.4 Å². The molecule has 90 valence electrons. The molecular weight excluding hydrogens is 236 g/mol. The van der Waals surface area contributed by atoms with Gasteiger partial charge in [-0.05, 0) is 42.3 Å². The van der Waals surface area contributed by atoms with Crippen LogP contribution < -0.4 is 0 Å². The van der Waals surface area contributed by atoms with E-state index in [2.05, 4.69) is 0 Å². The SMILES string of the molecule is CCOC(=O)Cc1csc2c(C)c(O)ccc12. The number of hydrogen-bond donors (Lipinski definition) is 1. The number of ether oxygens (including phenoxy) is 1. The summed E-state index contributed by atoms with van der Waals surface area (Å²) in [5.41, 5.74) is 1.83. The second-order valence-electron chi connectivity index (χ2n) is 3.83. The highest BCUT2D eigenvalue weighted by Gasteiger charge is 2.12. The van der Waals surface area contributed by atoms with E-state index in [0.29, 0.717) is 12.4 Å². The topological polar surface area (TPSA) is 46.5 Å². The molecule has 0 aliphatic carbocycles. The summed E-state index contributed by atoms with van der Waals surface area (Å²) < 4.78 is 5.97. The third-order valence-electron chi connectivity index (χ3n) is 2.68. The standard InChI is InChI=1S/C13H14O3S/c1-3-16-12(15)6-9-7-17-13-8(2)11(14)5-4-10(9)13/h4-5,7,14H,3,6H2,1-2H3. The predicted molar refractivity (Wildman–Crippen MR) is 68.6 cm³/mol. The maximum absolute atomic E-state index is 11.4. The Balaban J connectivity index is 2.37. The summed E-state index contributed by atoms with van der Waals surface area (Å²) in [6.07, 6.45) is 0.290. The Morgan fingerprint density at radius 2 is 2.24 bits per heavy atom. The summed E-state index contributed by atoms with van der Waals surface area (Å²) in [7, 11) is 0. The van der Waals surface area contributed by atoms with Crippen LogP contribution in [-0.4, -0.2) is 17.7 Å². The highest BCUT2D eigenvalue weighted by molar-refractivity contribution is 7.17. The van der Waals surface area contributed by atoms with Crippen LogP contribution >= 0.6 is 11.3 Å². The molecule has 2 rings (SSSR count). The van der Waals surface area contributed by atoms with Gasteiger partial charge in [0, 0.05) is 10.3 Å². The molecule has 1 aromatic heterocycles. The fraction of sp³-hybridized carbons (Fsp3) is 0.308. The summed E-state index contributed by atoms with van der Waals surface area (Å²) in [4.78, 5) is 11.4. The number of carbonyl (C=O) groups is 1. The van der Waals surface area contributed by atoms with Gasteiger partial charge in [-0.3, -0.25) is 4.79 Å². The molecule has 0 bridgehead atoms. The van der Waals surface area contributed by atoms with Gasteiger partial charge in [0.25, 0.3) is 0 Å². The zero-order valence-corrected chi connectivity index (χ0v) is 10.6. The predicted octanol–water partition coefficient (Wildman–Crippen LogP) is 3.02. The smallest absolute Gasteiger partial charge is 0.310 e. The normalized spacial score (nSPS) is 10.7. The van der Waals surface area contributed by atoms with E-state index in [1.165, 1.54) is 0 Å².